The summed E-state index contributed by atoms with van der Waals surface area (Å²) in [6, 6.07) is 1.60. The standard InChI is InChI=1S/C10H11NO2/c1-3-4-8-5-9(7(2)12)10(13)11-6-8/h3,5-6H,1,4H2,2H3,(H,11,13). The average molecular weight is 177 g/mol. The Balaban J connectivity index is 3.18. The number of hydrogen-bond donors (Lipinski definition) is 1. The molecule has 0 radical (unpaired) electrons. The number of carbonyl (C=O) groups is 1. The second-order valence-electron chi connectivity index (χ2n) is 2.80. The Kier molecular flexibility index (Phi) is 2.80. The molecular formula is C10H11NO2. The van der Waals surface area contributed by atoms with Crippen LogP contribution in [0, 0.1) is 0 Å². The summed E-state index contributed by atoms with van der Waals surface area (Å²) in [6.07, 6.45) is 3.96. The Labute approximate surface area is 76.1 Å². The minimum absolute atomic E-state index is 0.208. The molecule has 0 bridgehead atoms. The van der Waals surface area contributed by atoms with E-state index in [1.807, 2.05) is 0 Å². The van der Waals surface area contributed by atoms with Gasteiger partial charge in [-0.15, -0.1) is 6.58 Å². The zero-order chi connectivity index (χ0) is 9.84. The Hall–Kier alpha value is -1.64. The number of aromatic amines is 1. The lowest BCUT2D eigenvalue weighted by Crippen LogP contribution is -2.15. The van der Waals surface area contributed by atoms with Crippen LogP contribution in [-0.4, -0.2) is 10.8 Å². The number of allylic oxidation sites excluding steroid dienone is 1. The summed E-state index contributed by atoms with van der Waals surface area (Å²) in [6.45, 7) is 4.95. The van der Waals surface area contributed by atoms with Crippen molar-refractivity contribution < 1.29 is 4.79 Å². The maximum atomic E-state index is 11.1. The van der Waals surface area contributed by atoms with Gasteiger partial charge < -0.3 is 4.98 Å². The Morgan fingerprint density at radius 1 is 1.69 bits per heavy atom. The van der Waals surface area contributed by atoms with Crippen molar-refractivity contribution in [3.63, 3.8) is 0 Å². The summed E-state index contributed by atoms with van der Waals surface area (Å²) in [5.41, 5.74) is 0.763. The third-order valence-electron chi connectivity index (χ3n) is 1.72. The van der Waals surface area contributed by atoms with Crippen LogP contribution in [0.25, 0.3) is 0 Å². The molecule has 0 saturated heterocycles. The fourth-order valence-corrected chi connectivity index (χ4v) is 1.07. The summed E-state index contributed by atoms with van der Waals surface area (Å²) in [5, 5.41) is 0. The maximum absolute atomic E-state index is 11.1. The average Bonchev–Trinajstić information content (AvgIpc) is 2.08. The molecule has 0 amide bonds. The van der Waals surface area contributed by atoms with E-state index in [9.17, 15) is 9.59 Å². The number of hydrogen-bond acceptors (Lipinski definition) is 2. The number of rotatable bonds is 3. The highest BCUT2D eigenvalue weighted by Gasteiger charge is 2.05. The highest BCUT2D eigenvalue weighted by Crippen LogP contribution is 2.00. The normalized spacial score (nSPS) is 9.62. The lowest BCUT2D eigenvalue weighted by atomic mass is 10.1. The first-order chi connectivity index (χ1) is 6.15. The van der Waals surface area contributed by atoms with Crippen molar-refractivity contribution in [2.75, 3.05) is 0 Å². The molecule has 13 heavy (non-hydrogen) atoms. The van der Waals surface area contributed by atoms with Gasteiger partial charge in [0.25, 0.3) is 5.56 Å². The number of aromatic nitrogens is 1. The van der Waals surface area contributed by atoms with Gasteiger partial charge in [0.2, 0.25) is 0 Å². The van der Waals surface area contributed by atoms with Crippen LogP contribution < -0.4 is 5.56 Å². The zero-order valence-corrected chi connectivity index (χ0v) is 7.46. The van der Waals surface area contributed by atoms with E-state index in [-0.39, 0.29) is 16.9 Å². The molecule has 1 aromatic rings. The quantitative estimate of drug-likeness (QED) is 0.559. The molecule has 3 nitrogen and oxygen atoms in total. The molecule has 0 spiro atoms. The molecule has 3 heteroatoms. The first-order valence-corrected chi connectivity index (χ1v) is 3.98. The number of carbonyl (C=O) groups excluding carboxylic acids is 1. The second kappa shape index (κ2) is 3.85. The van der Waals surface area contributed by atoms with Crippen molar-refractivity contribution in [1.82, 2.24) is 4.98 Å². The molecule has 1 heterocycles. The zero-order valence-electron chi connectivity index (χ0n) is 7.46. The molecule has 1 aromatic heterocycles. The molecule has 0 aliphatic rings. The minimum Gasteiger partial charge on any atom is -0.328 e. The van der Waals surface area contributed by atoms with E-state index >= 15 is 0 Å². The molecular weight excluding hydrogens is 166 g/mol. The Bertz CT molecular complexity index is 390. The molecule has 0 aliphatic carbocycles. The van der Waals surface area contributed by atoms with Crippen LogP contribution >= 0.6 is 0 Å². The third kappa shape index (κ3) is 2.15. The van der Waals surface area contributed by atoms with Gasteiger partial charge in [-0.2, -0.15) is 0 Å². The van der Waals surface area contributed by atoms with Crippen molar-refractivity contribution in [1.29, 1.82) is 0 Å². The van der Waals surface area contributed by atoms with Gasteiger partial charge in [0.05, 0.1) is 5.56 Å². The van der Waals surface area contributed by atoms with Gasteiger partial charge in [0.15, 0.2) is 5.78 Å². The summed E-state index contributed by atoms with van der Waals surface area (Å²) >= 11 is 0. The molecule has 0 unspecified atom stereocenters. The van der Waals surface area contributed by atoms with Gasteiger partial charge in [-0.05, 0) is 25.0 Å². The summed E-state index contributed by atoms with van der Waals surface area (Å²) < 4.78 is 0. The van der Waals surface area contributed by atoms with E-state index < -0.39 is 0 Å². The summed E-state index contributed by atoms with van der Waals surface area (Å²) in [5.74, 6) is -0.216. The summed E-state index contributed by atoms with van der Waals surface area (Å²) in [7, 11) is 0. The summed E-state index contributed by atoms with van der Waals surface area (Å²) in [4.78, 5) is 24.6. The predicted octanol–water partition coefficient (Wildman–Crippen LogP) is 1.31. The number of H-pyrrole nitrogens is 1. The number of ketones is 1. The second-order valence-corrected chi connectivity index (χ2v) is 2.80. The van der Waals surface area contributed by atoms with Gasteiger partial charge in [0, 0.05) is 6.20 Å². The highest BCUT2D eigenvalue weighted by atomic mass is 16.1. The molecule has 0 atom stereocenters. The molecule has 1 N–H and O–H groups in total. The van der Waals surface area contributed by atoms with Gasteiger partial charge in [-0.3, -0.25) is 9.59 Å². The molecule has 0 aliphatic heterocycles. The van der Waals surface area contributed by atoms with Crippen LogP contribution in [0.1, 0.15) is 22.8 Å². The van der Waals surface area contributed by atoms with Crippen LogP contribution in [0.5, 0.6) is 0 Å². The van der Waals surface area contributed by atoms with E-state index in [1.54, 1.807) is 18.3 Å². The van der Waals surface area contributed by atoms with Crippen LogP contribution in [0.3, 0.4) is 0 Å². The lowest BCUT2D eigenvalue weighted by Gasteiger charge is -1.98. The Morgan fingerprint density at radius 2 is 2.38 bits per heavy atom. The van der Waals surface area contributed by atoms with Gasteiger partial charge >= 0.3 is 0 Å². The smallest absolute Gasteiger partial charge is 0.258 e. The van der Waals surface area contributed by atoms with Crippen molar-refractivity contribution in [3.05, 3.63) is 46.4 Å². The topological polar surface area (TPSA) is 49.9 Å². The fourth-order valence-electron chi connectivity index (χ4n) is 1.07. The van der Waals surface area contributed by atoms with Crippen molar-refractivity contribution in [3.8, 4) is 0 Å². The number of pyridine rings is 1. The van der Waals surface area contributed by atoms with Gasteiger partial charge in [-0.1, -0.05) is 6.08 Å². The SMILES string of the molecule is C=CCc1c[nH]c(=O)c(C(C)=O)c1. The van der Waals surface area contributed by atoms with Crippen LogP contribution in [-0.2, 0) is 6.42 Å². The third-order valence-corrected chi connectivity index (χ3v) is 1.72. The molecule has 0 aromatic carbocycles. The van der Waals surface area contributed by atoms with E-state index in [1.165, 1.54) is 6.92 Å². The maximum Gasteiger partial charge on any atom is 0.258 e. The fraction of sp³-hybridized carbons (Fsp3) is 0.200. The van der Waals surface area contributed by atoms with Crippen molar-refractivity contribution >= 4 is 5.78 Å². The van der Waals surface area contributed by atoms with E-state index in [2.05, 4.69) is 11.6 Å². The lowest BCUT2D eigenvalue weighted by molar-refractivity contribution is 0.101. The monoisotopic (exact) mass is 177 g/mol. The first kappa shape index (κ1) is 9.45. The number of nitrogens with one attached hydrogen (secondary N) is 1. The van der Waals surface area contributed by atoms with Crippen molar-refractivity contribution in [2.24, 2.45) is 0 Å². The molecule has 0 fully saturated rings. The van der Waals surface area contributed by atoms with Gasteiger partial charge in [-0.25, -0.2) is 0 Å². The number of Topliss-reactive ketones (excluding diaryl/α,β-unsaturated/α-hetero) is 1. The van der Waals surface area contributed by atoms with E-state index in [0.29, 0.717) is 6.42 Å². The first-order valence-electron chi connectivity index (χ1n) is 3.98. The van der Waals surface area contributed by atoms with E-state index in [4.69, 9.17) is 0 Å². The van der Waals surface area contributed by atoms with Crippen LogP contribution in [0.2, 0.25) is 0 Å². The highest BCUT2D eigenvalue weighted by molar-refractivity contribution is 5.93. The van der Waals surface area contributed by atoms with Gasteiger partial charge in [0.1, 0.15) is 0 Å². The Morgan fingerprint density at radius 3 is 2.92 bits per heavy atom. The van der Waals surface area contributed by atoms with Crippen molar-refractivity contribution in [2.45, 2.75) is 13.3 Å². The van der Waals surface area contributed by atoms with Crippen LogP contribution in [0.15, 0.2) is 29.7 Å². The predicted molar refractivity (Wildman–Crippen MR) is 51.0 cm³/mol. The van der Waals surface area contributed by atoms with Crippen LogP contribution in [0.4, 0.5) is 0 Å². The molecule has 68 valence electrons. The molecule has 1 rings (SSSR count). The van der Waals surface area contributed by atoms with E-state index in [0.717, 1.165) is 5.56 Å². The minimum atomic E-state index is -0.333. The largest absolute Gasteiger partial charge is 0.328 e. The molecule has 0 saturated carbocycles.